The molecule has 0 radical (unpaired) electrons. The molecule has 1 unspecified atom stereocenters. The van der Waals surface area contributed by atoms with Crippen LogP contribution in [0.25, 0.3) is 11.3 Å². The zero-order valence-corrected chi connectivity index (χ0v) is 21.8. The maximum atomic E-state index is 6.00. The largest absolute Gasteiger partial charge is 0.473 e. The van der Waals surface area contributed by atoms with Crippen LogP contribution in [-0.2, 0) is 23.3 Å². The number of morpholine rings is 1. The minimum Gasteiger partial charge on any atom is -0.473 e. The van der Waals surface area contributed by atoms with Gasteiger partial charge in [-0.3, -0.25) is 9.88 Å². The average Bonchev–Trinajstić information content (AvgIpc) is 3.41. The van der Waals surface area contributed by atoms with E-state index >= 15 is 0 Å². The monoisotopic (exact) mass is 498 g/mol. The van der Waals surface area contributed by atoms with Crippen LogP contribution in [0.2, 0.25) is 0 Å². The maximum Gasteiger partial charge on any atom is 0.213 e. The van der Waals surface area contributed by atoms with Gasteiger partial charge in [0.2, 0.25) is 5.88 Å². The summed E-state index contributed by atoms with van der Waals surface area (Å²) >= 11 is 0. The molecule has 192 valence electrons. The number of ether oxygens (including phenoxy) is 2. The summed E-state index contributed by atoms with van der Waals surface area (Å²) in [4.78, 5) is 11.4. The first-order valence-corrected chi connectivity index (χ1v) is 12.9. The maximum absolute atomic E-state index is 6.00. The summed E-state index contributed by atoms with van der Waals surface area (Å²) in [5.41, 5.74) is 4.84. The van der Waals surface area contributed by atoms with Gasteiger partial charge in [-0.2, -0.15) is 0 Å². The van der Waals surface area contributed by atoms with Gasteiger partial charge in [-0.1, -0.05) is 55.4 Å². The molecule has 1 aliphatic heterocycles. The van der Waals surface area contributed by atoms with Crippen molar-refractivity contribution in [1.29, 1.82) is 0 Å². The molecule has 0 spiro atoms. The lowest BCUT2D eigenvalue weighted by Gasteiger charge is -2.34. The van der Waals surface area contributed by atoms with Crippen molar-refractivity contribution in [2.45, 2.75) is 39.3 Å². The van der Waals surface area contributed by atoms with Gasteiger partial charge in [0.15, 0.2) is 5.76 Å². The Labute approximate surface area is 218 Å². The fraction of sp³-hybridized carbons (Fsp3) is 0.367. The molecule has 3 aromatic heterocycles. The molecule has 0 amide bonds. The standard InChI is InChI=1S/C30H34N4O3/c1-22(2)30(3,28-7-4-8-29(32-28)36-21-23-6-5-13-31-19-23)25-11-9-24(10-12-25)27-18-26(33-37-27)20-34-14-16-35-17-15-34/h4-13,18-19,22H,14-17,20-21H2,1-3H3. The van der Waals surface area contributed by atoms with Crippen LogP contribution in [-0.4, -0.2) is 46.3 Å². The Bertz CT molecular complexity index is 1280. The van der Waals surface area contributed by atoms with E-state index in [1.54, 1.807) is 6.20 Å². The lowest BCUT2D eigenvalue weighted by atomic mass is 9.70. The molecule has 1 saturated heterocycles. The summed E-state index contributed by atoms with van der Waals surface area (Å²) in [5.74, 6) is 1.70. The molecule has 7 nitrogen and oxygen atoms in total. The first kappa shape index (κ1) is 25.1. The van der Waals surface area contributed by atoms with E-state index < -0.39 is 0 Å². The summed E-state index contributed by atoms with van der Waals surface area (Å²) in [5, 5.41) is 4.30. The number of hydrogen-bond acceptors (Lipinski definition) is 7. The van der Waals surface area contributed by atoms with Gasteiger partial charge in [0.05, 0.1) is 24.6 Å². The molecule has 0 aliphatic carbocycles. The molecule has 1 atom stereocenters. The average molecular weight is 499 g/mol. The number of hydrogen-bond donors (Lipinski definition) is 0. The van der Waals surface area contributed by atoms with Gasteiger partial charge in [-0.05, 0) is 30.5 Å². The van der Waals surface area contributed by atoms with Gasteiger partial charge < -0.3 is 14.0 Å². The van der Waals surface area contributed by atoms with Crippen molar-refractivity contribution in [1.82, 2.24) is 20.0 Å². The van der Waals surface area contributed by atoms with Gasteiger partial charge in [0, 0.05) is 60.7 Å². The van der Waals surface area contributed by atoms with Crippen LogP contribution in [0.1, 0.15) is 43.3 Å². The van der Waals surface area contributed by atoms with Crippen molar-refractivity contribution in [2.75, 3.05) is 26.3 Å². The van der Waals surface area contributed by atoms with Gasteiger partial charge in [0.1, 0.15) is 6.61 Å². The zero-order valence-electron chi connectivity index (χ0n) is 21.8. The summed E-state index contributed by atoms with van der Waals surface area (Å²) in [6, 6.07) is 20.5. The molecule has 1 aromatic carbocycles. The third kappa shape index (κ3) is 5.73. The normalized spacial score (nSPS) is 16.0. The van der Waals surface area contributed by atoms with E-state index in [2.05, 4.69) is 66.1 Å². The van der Waals surface area contributed by atoms with Gasteiger partial charge in [0.25, 0.3) is 0 Å². The molecular weight excluding hydrogens is 464 g/mol. The smallest absolute Gasteiger partial charge is 0.213 e. The quantitative estimate of drug-likeness (QED) is 0.301. The highest BCUT2D eigenvalue weighted by Crippen LogP contribution is 2.39. The van der Waals surface area contributed by atoms with E-state index in [1.807, 2.05) is 36.5 Å². The molecule has 5 rings (SSSR count). The van der Waals surface area contributed by atoms with E-state index in [4.69, 9.17) is 19.0 Å². The Morgan fingerprint density at radius 1 is 1.03 bits per heavy atom. The van der Waals surface area contributed by atoms with Crippen molar-refractivity contribution < 1.29 is 14.0 Å². The van der Waals surface area contributed by atoms with Crippen molar-refractivity contribution in [3.8, 4) is 17.2 Å². The van der Waals surface area contributed by atoms with Crippen molar-refractivity contribution in [2.24, 2.45) is 5.92 Å². The van der Waals surface area contributed by atoms with Gasteiger partial charge in [-0.25, -0.2) is 4.98 Å². The minimum atomic E-state index is -0.297. The Morgan fingerprint density at radius 2 is 1.84 bits per heavy atom. The third-order valence-electron chi connectivity index (χ3n) is 7.34. The summed E-state index contributed by atoms with van der Waals surface area (Å²) in [7, 11) is 0. The predicted molar refractivity (Wildman–Crippen MR) is 142 cm³/mol. The van der Waals surface area contributed by atoms with Crippen LogP contribution in [0.3, 0.4) is 0 Å². The van der Waals surface area contributed by atoms with E-state index in [-0.39, 0.29) is 5.41 Å². The number of aromatic nitrogens is 3. The molecule has 4 heterocycles. The molecule has 0 N–H and O–H groups in total. The molecule has 1 fully saturated rings. The van der Waals surface area contributed by atoms with Gasteiger partial charge in [-0.15, -0.1) is 0 Å². The summed E-state index contributed by atoms with van der Waals surface area (Å²) in [6.07, 6.45) is 3.57. The fourth-order valence-corrected chi connectivity index (χ4v) is 4.69. The predicted octanol–water partition coefficient (Wildman–Crippen LogP) is 5.50. The first-order valence-electron chi connectivity index (χ1n) is 12.9. The number of nitrogens with zero attached hydrogens (tertiary/aromatic N) is 4. The molecule has 0 saturated carbocycles. The number of benzene rings is 1. The number of pyridine rings is 2. The topological polar surface area (TPSA) is 73.5 Å². The zero-order chi connectivity index (χ0) is 25.7. The summed E-state index contributed by atoms with van der Waals surface area (Å²) < 4.78 is 17.1. The van der Waals surface area contributed by atoms with Crippen molar-refractivity contribution in [3.05, 3.63) is 95.6 Å². The van der Waals surface area contributed by atoms with Gasteiger partial charge >= 0.3 is 0 Å². The SMILES string of the molecule is CC(C)C(C)(c1ccc(-c2cc(CN3CCOCC3)no2)cc1)c1cccc(OCc2cccnc2)n1. The third-order valence-corrected chi connectivity index (χ3v) is 7.34. The van der Waals surface area contributed by atoms with Crippen molar-refractivity contribution >= 4 is 0 Å². The fourth-order valence-electron chi connectivity index (χ4n) is 4.69. The second kappa shape index (κ2) is 11.2. The Balaban J connectivity index is 1.33. The molecule has 7 heteroatoms. The lowest BCUT2D eigenvalue weighted by Crippen LogP contribution is -2.35. The van der Waals surface area contributed by atoms with Crippen LogP contribution in [0, 0.1) is 5.92 Å². The lowest BCUT2D eigenvalue weighted by molar-refractivity contribution is 0.0332. The van der Waals surface area contributed by atoms with Crippen LogP contribution in [0.5, 0.6) is 5.88 Å². The van der Waals surface area contributed by atoms with Crippen LogP contribution < -0.4 is 4.74 Å². The Morgan fingerprint density at radius 3 is 2.57 bits per heavy atom. The van der Waals surface area contributed by atoms with E-state index in [9.17, 15) is 0 Å². The second-order valence-electron chi connectivity index (χ2n) is 10.0. The van der Waals surface area contributed by atoms with E-state index in [1.165, 1.54) is 5.56 Å². The Kier molecular flexibility index (Phi) is 7.63. The van der Waals surface area contributed by atoms with Crippen LogP contribution in [0.15, 0.2) is 77.6 Å². The minimum absolute atomic E-state index is 0.297. The Hall–Kier alpha value is -3.55. The highest BCUT2D eigenvalue weighted by molar-refractivity contribution is 5.58. The molecule has 0 bridgehead atoms. The van der Waals surface area contributed by atoms with Crippen LogP contribution >= 0.6 is 0 Å². The molecule has 37 heavy (non-hydrogen) atoms. The summed E-state index contributed by atoms with van der Waals surface area (Å²) in [6.45, 7) is 11.3. The van der Waals surface area contributed by atoms with Crippen LogP contribution in [0.4, 0.5) is 0 Å². The molecule has 1 aliphatic rings. The van der Waals surface area contributed by atoms with Crippen molar-refractivity contribution in [3.63, 3.8) is 0 Å². The van der Waals surface area contributed by atoms with E-state index in [0.717, 1.165) is 61.1 Å². The molecule has 4 aromatic rings. The van der Waals surface area contributed by atoms with E-state index in [0.29, 0.717) is 18.4 Å². The first-order chi connectivity index (χ1) is 18.0. The second-order valence-corrected chi connectivity index (χ2v) is 10.0. The number of rotatable bonds is 9. The highest BCUT2D eigenvalue weighted by atomic mass is 16.5. The molecular formula is C30H34N4O3. The highest BCUT2D eigenvalue weighted by Gasteiger charge is 2.34.